The summed E-state index contributed by atoms with van der Waals surface area (Å²) in [5.74, 6) is -0.0608. The van der Waals surface area contributed by atoms with Gasteiger partial charge in [-0.05, 0) is 30.9 Å². The van der Waals surface area contributed by atoms with E-state index in [1.54, 1.807) is 11.0 Å². The number of rotatable bonds is 5. The van der Waals surface area contributed by atoms with Crippen molar-refractivity contribution in [3.63, 3.8) is 0 Å². The maximum Gasteiger partial charge on any atom is 0.227 e. The van der Waals surface area contributed by atoms with Crippen LogP contribution in [0, 0.1) is 11.7 Å². The number of piperazine rings is 1. The van der Waals surface area contributed by atoms with Crippen LogP contribution in [-0.2, 0) is 11.2 Å². The Kier molecular flexibility index (Phi) is 5.19. The Morgan fingerprint density at radius 1 is 1.30 bits per heavy atom. The smallest absolute Gasteiger partial charge is 0.227 e. The average Bonchev–Trinajstić information content (AvgIpc) is 3.36. The first-order valence-corrected chi connectivity index (χ1v) is 8.53. The summed E-state index contributed by atoms with van der Waals surface area (Å²) in [7, 11) is 0. The summed E-state index contributed by atoms with van der Waals surface area (Å²) < 4.78 is 13.8. The van der Waals surface area contributed by atoms with Gasteiger partial charge in [0.2, 0.25) is 5.91 Å². The van der Waals surface area contributed by atoms with E-state index in [2.05, 4.69) is 4.90 Å². The third-order valence-corrected chi connectivity index (χ3v) is 5.08. The standard InChI is InChI=1S/C17H22ClFN2O2/c18-14-2-1-3-15(19)13(14)10-17(23)21-8-6-20(7-9-21)11-16(22)12-4-5-12/h1-3,12,16,22H,4-11H2. The SMILES string of the molecule is O=C(Cc1c(F)cccc1Cl)N1CCN(CC(O)C2CC2)CC1. The molecule has 1 heterocycles. The van der Waals surface area contributed by atoms with Gasteiger partial charge in [-0.2, -0.15) is 0 Å². The number of hydrogen-bond acceptors (Lipinski definition) is 3. The zero-order valence-electron chi connectivity index (χ0n) is 13.0. The van der Waals surface area contributed by atoms with Gasteiger partial charge in [-0.15, -0.1) is 0 Å². The first-order chi connectivity index (χ1) is 11.0. The van der Waals surface area contributed by atoms with Crippen LogP contribution in [0.5, 0.6) is 0 Å². The lowest BCUT2D eigenvalue weighted by atomic mass is 10.1. The van der Waals surface area contributed by atoms with Gasteiger partial charge in [-0.25, -0.2) is 4.39 Å². The highest BCUT2D eigenvalue weighted by atomic mass is 35.5. The van der Waals surface area contributed by atoms with Crippen molar-refractivity contribution < 1.29 is 14.3 Å². The Morgan fingerprint density at radius 3 is 2.61 bits per heavy atom. The highest BCUT2D eigenvalue weighted by Gasteiger charge is 2.32. The fourth-order valence-electron chi connectivity index (χ4n) is 3.04. The molecule has 1 aliphatic heterocycles. The zero-order chi connectivity index (χ0) is 16.4. The summed E-state index contributed by atoms with van der Waals surface area (Å²) in [5, 5.41) is 10.3. The van der Waals surface area contributed by atoms with Crippen LogP contribution in [-0.4, -0.2) is 59.6 Å². The molecule has 1 unspecified atom stereocenters. The van der Waals surface area contributed by atoms with E-state index in [9.17, 15) is 14.3 Å². The van der Waals surface area contributed by atoms with Crippen LogP contribution in [0.4, 0.5) is 4.39 Å². The van der Waals surface area contributed by atoms with Crippen LogP contribution in [0.3, 0.4) is 0 Å². The Labute approximate surface area is 140 Å². The summed E-state index contributed by atoms with van der Waals surface area (Å²) in [5.41, 5.74) is 0.269. The number of carbonyl (C=O) groups is 1. The molecule has 1 N–H and O–H groups in total. The van der Waals surface area contributed by atoms with Crippen molar-refractivity contribution in [2.75, 3.05) is 32.7 Å². The number of β-amino-alcohol motifs (C(OH)–C–C–N with tert-alkyl or cyclic N) is 1. The third-order valence-electron chi connectivity index (χ3n) is 4.73. The minimum atomic E-state index is -0.433. The van der Waals surface area contributed by atoms with Crippen LogP contribution in [0.2, 0.25) is 5.02 Å². The van der Waals surface area contributed by atoms with Gasteiger partial charge in [-0.3, -0.25) is 9.69 Å². The minimum absolute atomic E-state index is 0.00376. The number of carbonyl (C=O) groups excluding carboxylic acids is 1. The predicted octanol–water partition coefficient (Wildman–Crippen LogP) is 1.94. The third kappa shape index (κ3) is 4.22. The van der Waals surface area contributed by atoms with Gasteiger partial charge >= 0.3 is 0 Å². The number of aliphatic hydroxyl groups excluding tert-OH is 1. The zero-order valence-corrected chi connectivity index (χ0v) is 13.8. The summed E-state index contributed by atoms with van der Waals surface area (Å²) in [6, 6.07) is 4.46. The van der Waals surface area contributed by atoms with E-state index in [-0.39, 0.29) is 24.0 Å². The maximum atomic E-state index is 13.8. The molecule has 4 nitrogen and oxygen atoms in total. The fourth-order valence-corrected chi connectivity index (χ4v) is 3.27. The molecule has 1 saturated carbocycles. The Balaban J connectivity index is 1.50. The lowest BCUT2D eigenvalue weighted by Crippen LogP contribution is -2.51. The van der Waals surface area contributed by atoms with Gasteiger partial charge < -0.3 is 10.0 Å². The van der Waals surface area contributed by atoms with Crippen LogP contribution in [0.1, 0.15) is 18.4 Å². The second kappa shape index (κ2) is 7.16. The van der Waals surface area contributed by atoms with Crippen molar-refractivity contribution in [1.82, 2.24) is 9.80 Å². The molecular formula is C17H22ClFN2O2. The van der Waals surface area contributed by atoms with Gasteiger partial charge in [0, 0.05) is 43.3 Å². The van der Waals surface area contributed by atoms with Crippen LogP contribution < -0.4 is 0 Å². The normalized spacial score (nSPS) is 20.6. The largest absolute Gasteiger partial charge is 0.392 e. The van der Waals surface area contributed by atoms with E-state index < -0.39 is 5.82 Å². The Hall–Kier alpha value is -1.17. The summed E-state index contributed by atoms with van der Waals surface area (Å²) in [4.78, 5) is 16.3. The first-order valence-electron chi connectivity index (χ1n) is 8.15. The number of aliphatic hydroxyl groups is 1. The molecule has 0 bridgehead atoms. The molecule has 1 atom stereocenters. The lowest BCUT2D eigenvalue weighted by Gasteiger charge is -2.35. The average molecular weight is 341 g/mol. The molecule has 126 valence electrons. The van der Waals surface area contributed by atoms with Crippen molar-refractivity contribution in [3.8, 4) is 0 Å². The summed E-state index contributed by atoms with van der Waals surface area (Å²) in [6.07, 6.45) is 2.01. The fraction of sp³-hybridized carbons (Fsp3) is 0.588. The van der Waals surface area contributed by atoms with E-state index >= 15 is 0 Å². The number of hydrogen-bond donors (Lipinski definition) is 1. The Bertz CT molecular complexity index is 551. The monoisotopic (exact) mass is 340 g/mol. The van der Waals surface area contributed by atoms with Crippen LogP contribution in [0.15, 0.2) is 18.2 Å². The first kappa shape index (κ1) is 16.7. The molecule has 1 aromatic rings. The highest BCUT2D eigenvalue weighted by molar-refractivity contribution is 6.31. The quantitative estimate of drug-likeness (QED) is 0.891. The molecule has 0 spiro atoms. The van der Waals surface area contributed by atoms with Gasteiger partial charge in [0.1, 0.15) is 5.82 Å². The molecule has 1 saturated heterocycles. The van der Waals surface area contributed by atoms with E-state index in [1.165, 1.54) is 12.1 Å². The molecule has 1 aromatic carbocycles. The van der Waals surface area contributed by atoms with Crippen molar-refractivity contribution in [3.05, 3.63) is 34.6 Å². The van der Waals surface area contributed by atoms with Gasteiger partial charge in [0.05, 0.1) is 12.5 Å². The second-order valence-electron chi connectivity index (χ2n) is 6.46. The van der Waals surface area contributed by atoms with Gasteiger partial charge in [-0.1, -0.05) is 17.7 Å². The van der Waals surface area contributed by atoms with E-state index in [0.29, 0.717) is 30.6 Å². The topological polar surface area (TPSA) is 43.8 Å². The lowest BCUT2D eigenvalue weighted by molar-refractivity contribution is -0.132. The van der Waals surface area contributed by atoms with E-state index in [4.69, 9.17) is 11.6 Å². The molecule has 2 aliphatic rings. The minimum Gasteiger partial charge on any atom is -0.392 e. The molecule has 1 amide bonds. The van der Waals surface area contributed by atoms with Gasteiger partial charge in [0.15, 0.2) is 0 Å². The van der Waals surface area contributed by atoms with Crippen LogP contribution >= 0.6 is 11.6 Å². The molecule has 1 aliphatic carbocycles. The molecule has 6 heteroatoms. The van der Waals surface area contributed by atoms with Crippen molar-refractivity contribution in [2.45, 2.75) is 25.4 Å². The second-order valence-corrected chi connectivity index (χ2v) is 6.87. The van der Waals surface area contributed by atoms with Crippen molar-refractivity contribution >= 4 is 17.5 Å². The maximum absolute atomic E-state index is 13.8. The van der Waals surface area contributed by atoms with E-state index in [1.807, 2.05) is 0 Å². The van der Waals surface area contributed by atoms with Crippen molar-refractivity contribution in [1.29, 1.82) is 0 Å². The summed E-state index contributed by atoms with van der Waals surface area (Å²) >= 11 is 5.98. The predicted molar refractivity (Wildman–Crippen MR) is 86.9 cm³/mol. The molecule has 0 radical (unpaired) electrons. The molecule has 3 rings (SSSR count). The van der Waals surface area contributed by atoms with Crippen molar-refractivity contribution in [2.24, 2.45) is 5.92 Å². The molecule has 0 aromatic heterocycles. The molecule has 23 heavy (non-hydrogen) atoms. The van der Waals surface area contributed by atoms with Crippen LogP contribution in [0.25, 0.3) is 0 Å². The highest BCUT2D eigenvalue weighted by Crippen LogP contribution is 2.33. The van der Waals surface area contributed by atoms with Gasteiger partial charge in [0.25, 0.3) is 0 Å². The Morgan fingerprint density at radius 2 is 2.00 bits per heavy atom. The van der Waals surface area contributed by atoms with E-state index in [0.717, 1.165) is 25.9 Å². The summed E-state index contributed by atoms with van der Waals surface area (Å²) in [6.45, 7) is 3.41. The molecule has 2 fully saturated rings. The number of nitrogens with zero attached hydrogens (tertiary/aromatic N) is 2. The molecular weight excluding hydrogens is 319 g/mol. The number of halogens is 2. The number of amides is 1. The number of benzene rings is 1.